The van der Waals surface area contributed by atoms with E-state index in [0.29, 0.717) is 0 Å². The number of thiophene rings is 1. The van der Waals surface area contributed by atoms with E-state index >= 15 is 0 Å². The van der Waals surface area contributed by atoms with E-state index < -0.39 is 0 Å². The van der Waals surface area contributed by atoms with Gasteiger partial charge in [0.25, 0.3) is 0 Å². The van der Waals surface area contributed by atoms with Crippen LogP contribution in [0.4, 0.5) is 0 Å². The summed E-state index contributed by atoms with van der Waals surface area (Å²) in [5, 5.41) is 2.07. The Hall–Kier alpha value is 0.1000. The zero-order valence-corrected chi connectivity index (χ0v) is 10.5. The first-order valence-electron chi connectivity index (χ1n) is 4.15. The number of rotatable bonds is 2. The highest BCUT2D eigenvalue weighted by molar-refractivity contribution is 9.10. The second-order valence-electron chi connectivity index (χ2n) is 4.13. The van der Waals surface area contributed by atoms with Crippen molar-refractivity contribution >= 4 is 27.3 Å². The molecule has 2 nitrogen and oxygen atoms in total. The first-order valence-corrected chi connectivity index (χ1v) is 5.82. The van der Waals surface area contributed by atoms with Crippen LogP contribution in [0.15, 0.2) is 15.9 Å². The van der Waals surface area contributed by atoms with Crippen LogP contribution in [0.1, 0.15) is 31.7 Å². The Kier molecular flexibility index (Phi) is 3.51. The van der Waals surface area contributed by atoms with Crippen molar-refractivity contribution < 1.29 is 0 Å². The van der Waals surface area contributed by atoms with Crippen molar-refractivity contribution in [3.8, 4) is 0 Å². The zero-order chi connectivity index (χ0) is 10.1. The number of hydrogen-bond donors (Lipinski definition) is 2. The summed E-state index contributed by atoms with van der Waals surface area (Å²) < 4.78 is 1.12. The molecule has 0 saturated heterocycles. The number of hydrogen-bond acceptors (Lipinski definition) is 3. The van der Waals surface area contributed by atoms with E-state index in [2.05, 4.69) is 53.6 Å². The predicted molar refractivity (Wildman–Crippen MR) is 61.5 cm³/mol. The molecule has 0 radical (unpaired) electrons. The summed E-state index contributed by atoms with van der Waals surface area (Å²) in [5.74, 6) is 5.54. The maximum Gasteiger partial charge on any atom is 0.0601 e. The lowest BCUT2D eigenvalue weighted by Gasteiger charge is -2.28. The van der Waals surface area contributed by atoms with Crippen LogP contribution in [0.3, 0.4) is 0 Å². The molecule has 3 N–H and O–H groups in total. The van der Waals surface area contributed by atoms with Gasteiger partial charge in [0.1, 0.15) is 0 Å². The second-order valence-corrected chi connectivity index (χ2v) is 5.99. The lowest BCUT2D eigenvalue weighted by atomic mass is 9.86. The second kappa shape index (κ2) is 4.09. The number of halogens is 1. The van der Waals surface area contributed by atoms with Crippen molar-refractivity contribution in [1.82, 2.24) is 5.43 Å². The van der Waals surface area contributed by atoms with Gasteiger partial charge in [0, 0.05) is 14.7 Å². The molecule has 1 aromatic rings. The van der Waals surface area contributed by atoms with Crippen LogP contribution in [0.2, 0.25) is 0 Å². The van der Waals surface area contributed by atoms with Crippen LogP contribution in [0.5, 0.6) is 0 Å². The molecule has 0 fully saturated rings. The van der Waals surface area contributed by atoms with E-state index in [1.165, 1.54) is 4.88 Å². The molecule has 0 spiro atoms. The van der Waals surface area contributed by atoms with Crippen LogP contribution in [-0.2, 0) is 0 Å². The lowest BCUT2D eigenvalue weighted by Crippen LogP contribution is -2.36. The fourth-order valence-electron chi connectivity index (χ4n) is 1.24. The summed E-state index contributed by atoms with van der Waals surface area (Å²) in [4.78, 5) is 1.27. The molecule has 0 aliphatic heterocycles. The molecular formula is C9H15BrN2S. The highest BCUT2D eigenvalue weighted by Crippen LogP contribution is 2.36. The third-order valence-electron chi connectivity index (χ3n) is 1.90. The van der Waals surface area contributed by atoms with E-state index in [1.54, 1.807) is 11.3 Å². The molecule has 0 aliphatic carbocycles. The first-order chi connectivity index (χ1) is 5.95. The molecule has 0 aliphatic rings. The molecular weight excluding hydrogens is 248 g/mol. The highest BCUT2D eigenvalue weighted by Gasteiger charge is 2.26. The molecule has 1 aromatic heterocycles. The fourth-order valence-corrected chi connectivity index (χ4v) is 2.99. The summed E-state index contributed by atoms with van der Waals surface area (Å²) >= 11 is 5.16. The van der Waals surface area contributed by atoms with Gasteiger partial charge < -0.3 is 0 Å². The van der Waals surface area contributed by atoms with Gasteiger partial charge in [-0.25, -0.2) is 0 Å². The molecule has 1 atom stereocenters. The summed E-state index contributed by atoms with van der Waals surface area (Å²) in [6.45, 7) is 6.52. The predicted octanol–water partition coefficient (Wildman–Crippen LogP) is 3.06. The van der Waals surface area contributed by atoms with Crippen LogP contribution in [-0.4, -0.2) is 0 Å². The van der Waals surface area contributed by atoms with E-state index in [9.17, 15) is 0 Å². The summed E-state index contributed by atoms with van der Waals surface area (Å²) in [7, 11) is 0. The van der Waals surface area contributed by atoms with Crippen molar-refractivity contribution in [2.45, 2.75) is 26.8 Å². The highest BCUT2D eigenvalue weighted by atomic mass is 79.9. The quantitative estimate of drug-likeness (QED) is 0.635. The van der Waals surface area contributed by atoms with Gasteiger partial charge in [-0.05, 0) is 27.4 Å². The minimum atomic E-state index is 0.138. The zero-order valence-electron chi connectivity index (χ0n) is 8.10. The summed E-state index contributed by atoms with van der Waals surface area (Å²) in [5.41, 5.74) is 3.00. The molecule has 1 heterocycles. The third-order valence-corrected chi connectivity index (χ3v) is 3.66. The van der Waals surface area contributed by atoms with Crippen LogP contribution >= 0.6 is 27.3 Å². The molecule has 74 valence electrons. The Bertz CT molecular complexity index is 277. The van der Waals surface area contributed by atoms with Crippen LogP contribution in [0, 0.1) is 5.41 Å². The van der Waals surface area contributed by atoms with Gasteiger partial charge in [-0.2, -0.15) is 0 Å². The minimum Gasteiger partial charge on any atom is -0.271 e. The van der Waals surface area contributed by atoms with E-state index in [4.69, 9.17) is 5.84 Å². The minimum absolute atomic E-state index is 0.138. The molecule has 13 heavy (non-hydrogen) atoms. The van der Waals surface area contributed by atoms with Gasteiger partial charge in [-0.1, -0.05) is 20.8 Å². The number of nitrogens with two attached hydrogens (primary N) is 1. The average molecular weight is 263 g/mol. The van der Waals surface area contributed by atoms with Gasteiger partial charge in [0.15, 0.2) is 0 Å². The third kappa shape index (κ3) is 2.77. The largest absolute Gasteiger partial charge is 0.271 e. The van der Waals surface area contributed by atoms with Gasteiger partial charge in [0.2, 0.25) is 0 Å². The monoisotopic (exact) mass is 262 g/mol. The Balaban J connectivity index is 2.91. The summed E-state index contributed by atoms with van der Waals surface area (Å²) in [6.07, 6.45) is 0. The molecule has 1 unspecified atom stereocenters. The Morgan fingerprint density at radius 1 is 1.54 bits per heavy atom. The van der Waals surface area contributed by atoms with Gasteiger partial charge in [-0.3, -0.25) is 11.3 Å². The van der Waals surface area contributed by atoms with Crippen molar-refractivity contribution in [3.63, 3.8) is 0 Å². The SMILES string of the molecule is CC(C)(C)C(NN)c1cc(Br)cs1. The Morgan fingerprint density at radius 2 is 2.15 bits per heavy atom. The average Bonchev–Trinajstić information content (AvgIpc) is 2.34. The number of hydrazine groups is 1. The topological polar surface area (TPSA) is 38.0 Å². The van der Waals surface area contributed by atoms with Crippen molar-refractivity contribution in [3.05, 3.63) is 20.8 Å². The van der Waals surface area contributed by atoms with Gasteiger partial charge in [-0.15, -0.1) is 11.3 Å². The van der Waals surface area contributed by atoms with Crippen molar-refractivity contribution in [2.24, 2.45) is 11.3 Å². The van der Waals surface area contributed by atoms with E-state index in [0.717, 1.165) is 4.47 Å². The smallest absolute Gasteiger partial charge is 0.0601 e. The van der Waals surface area contributed by atoms with Crippen molar-refractivity contribution in [2.75, 3.05) is 0 Å². The Labute approximate surface area is 91.6 Å². The number of nitrogens with one attached hydrogen (secondary N) is 1. The maximum atomic E-state index is 5.54. The molecule has 4 heteroatoms. The maximum absolute atomic E-state index is 5.54. The summed E-state index contributed by atoms with van der Waals surface area (Å²) in [6, 6.07) is 2.32. The molecule has 0 bridgehead atoms. The Morgan fingerprint density at radius 3 is 2.46 bits per heavy atom. The molecule has 0 amide bonds. The van der Waals surface area contributed by atoms with Gasteiger partial charge in [0.05, 0.1) is 6.04 Å². The normalized spacial score (nSPS) is 14.5. The van der Waals surface area contributed by atoms with Gasteiger partial charge >= 0.3 is 0 Å². The van der Waals surface area contributed by atoms with E-state index in [1.807, 2.05) is 0 Å². The van der Waals surface area contributed by atoms with Crippen LogP contribution in [0.25, 0.3) is 0 Å². The molecule has 0 saturated carbocycles. The standard InChI is InChI=1S/C9H15BrN2S/c1-9(2,3)8(12-11)7-4-6(10)5-13-7/h4-5,8,12H,11H2,1-3H3. The lowest BCUT2D eigenvalue weighted by molar-refractivity contribution is 0.279. The molecule has 0 aromatic carbocycles. The van der Waals surface area contributed by atoms with Crippen LogP contribution < -0.4 is 11.3 Å². The molecule has 1 rings (SSSR count). The first kappa shape index (κ1) is 11.2. The fraction of sp³-hybridized carbons (Fsp3) is 0.556. The van der Waals surface area contributed by atoms with Crippen molar-refractivity contribution in [1.29, 1.82) is 0 Å². The van der Waals surface area contributed by atoms with E-state index in [-0.39, 0.29) is 11.5 Å².